The molecule has 2 rings (SSSR count). The number of para-hydroxylation sites is 1. The van der Waals surface area contributed by atoms with Gasteiger partial charge < -0.3 is 19.9 Å². The lowest BCUT2D eigenvalue weighted by molar-refractivity contribution is 0.0340. The Morgan fingerprint density at radius 2 is 1.74 bits per heavy atom. The predicted octanol–water partition coefficient (Wildman–Crippen LogP) is 2.61. The molecule has 2 unspecified atom stereocenters. The van der Waals surface area contributed by atoms with E-state index in [-0.39, 0.29) is 0 Å². The quantitative estimate of drug-likeness (QED) is 0.490. The molecule has 0 bridgehead atoms. The highest BCUT2D eigenvalue weighted by molar-refractivity contribution is 5.46. The maximum atomic E-state index is 10.1. The van der Waals surface area contributed by atoms with Crippen LogP contribution in [0, 0.1) is 0 Å². The first-order valence-electron chi connectivity index (χ1n) is 7.72. The number of aliphatic hydroxyl groups is 1. The van der Waals surface area contributed by atoms with Crippen molar-refractivity contribution in [3.63, 3.8) is 0 Å². The number of anilines is 1. The summed E-state index contributed by atoms with van der Waals surface area (Å²) in [5.74, 6) is 1.49. The van der Waals surface area contributed by atoms with Crippen LogP contribution in [-0.2, 0) is 0 Å². The number of hydrogen-bond acceptors (Lipinski definition) is 5. The summed E-state index contributed by atoms with van der Waals surface area (Å²) in [5, 5.41) is 13.3. The van der Waals surface area contributed by atoms with Crippen LogP contribution in [0.3, 0.4) is 0 Å². The van der Waals surface area contributed by atoms with Crippen molar-refractivity contribution in [1.82, 2.24) is 0 Å². The van der Waals surface area contributed by atoms with Gasteiger partial charge in [-0.05, 0) is 49.2 Å². The van der Waals surface area contributed by atoms with Gasteiger partial charge in [0.1, 0.15) is 17.6 Å². The van der Waals surface area contributed by atoms with E-state index < -0.39 is 12.3 Å². The van der Waals surface area contributed by atoms with Crippen LogP contribution in [-0.4, -0.2) is 31.1 Å². The molecule has 0 aliphatic carbocycles. The first kappa shape index (κ1) is 17.1. The van der Waals surface area contributed by atoms with Crippen LogP contribution >= 0.6 is 0 Å². The SMILES string of the molecule is COc1ccc(NCCCC(O)C(N)Oc2ccccc2)cc1. The highest BCUT2D eigenvalue weighted by atomic mass is 16.5. The number of methoxy groups -OCH3 is 1. The Morgan fingerprint density at radius 3 is 2.39 bits per heavy atom. The number of rotatable bonds is 9. The molecule has 0 radical (unpaired) electrons. The minimum absolute atomic E-state index is 0.567. The van der Waals surface area contributed by atoms with Crippen molar-refractivity contribution in [2.75, 3.05) is 19.0 Å². The smallest absolute Gasteiger partial charge is 0.173 e. The summed E-state index contributed by atoms with van der Waals surface area (Å²) in [6.07, 6.45) is -0.0674. The van der Waals surface area contributed by atoms with Crippen molar-refractivity contribution in [2.24, 2.45) is 5.73 Å². The van der Waals surface area contributed by atoms with E-state index in [1.54, 1.807) is 7.11 Å². The standard InChI is InChI=1S/C18H24N2O3/c1-22-15-11-9-14(10-12-15)20-13-5-8-17(21)18(19)23-16-6-3-2-4-7-16/h2-4,6-7,9-12,17-18,20-21H,5,8,13,19H2,1H3. The Hall–Kier alpha value is -2.24. The Labute approximate surface area is 137 Å². The minimum atomic E-state index is -0.724. The molecule has 0 saturated carbocycles. The molecule has 0 saturated heterocycles. The molecular weight excluding hydrogens is 292 g/mol. The molecule has 0 amide bonds. The normalized spacial score (nSPS) is 13.2. The molecule has 2 aromatic carbocycles. The molecule has 4 N–H and O–H groups in total. The van der Waals surface area contributed by atoms with Crippen molar-refractivity contribution in [3.8, 4) is 11.5 Å². The van der Waals surface area contributed by atoms with Crippen molar-refractivity contribution in [2.45, 2.75) is 25.2 Å². The van der Waals surface area contributed by atoms with E-state index in [0.29, 0.717) is 12.2 Å². The summed E-state index contributed by atoms with van der Waals surface area (Å²) >= 11 is 0. The lowest BCUT2D eigenvalue weighted by Crippen LogP contribution is -2.40. The summed E-state index contributed by atoms with van der Waals surface area (Å²) in [6.45, 7) is 0.751. The van der Waals surface area contributed by atoms with Gasteiger partial charge in [0.15, 0.2) is 6.23 Å². The molecule has 124 valence electrons. The van der Waals surface area contributed by atoms with Crippen LogP contribution < -0.4 is 20.5 Å². The van der Waals surface area contributed by atoms with Gasteiger partial charge in [-0.15, -0.1) is 0 Å². The molecule has 0 heterocycles. The van der Waals surface area contributed by atoms with Gasteiger partial charge in [-0.1, -0.05) is 18.2 Å². The molecule has 23 heavy (non-hydrogen) atoms. The highest BCUT2D eigenvalue weighted by Gasteiger charge is 2.15. The molecule has 5 heteroatoms. The van der Waals surface area contributed by atoms with Gasteiger partial charge in [0.25, 0.3) is 0 Å². The largest absolute Gasteiger partial charge is 0.497 e. The topological polar surface area (TPSA) is 76.7 Å². The van der Waals surface area contributed by atoms with Crippen LogP contribution in [0.25, 0.3) is 0 Å². The van der Waals surface area contributed by atoms with Crippen molar-refractivity contribution >= 4 is 5.69 Å². The molecule has 0 aromatic heterocycles. The zero-order valence-electron chi connectivity index (χ0n) is 13.3. The first-order valence-corrected chi connectivity index (χ1v) is 7.72. The number of hydrogen-bond donors (Lipinski definition) is 3. The van der Waals surface area contributed by atoms with Gasteiger partial charge in [0, 0.05) is 12.2 Å². The van der Waals surface area contributed by atoms with Crippen molar-refractivity contribution in [1.29, 1.82) is 0 Å². The average molecular weight is 316 g/mol. The van der Waals surface area contributed by atoms with Gasteiger partial charge in [-0.3, -0.25) is 5.73 Å². The maximum Gasteiger partial charge on any atom is 0.173 e. The molecule has 0 aliphatic rings. The Morgan fingerprint density at radius 1 is 1.04 bits per heavy atom. The maximum absolute atomic E-state index is 10.1. The Kier molecular flexibility index (Phi) is 6.72. The predicted molar refractivity (Wildman–Crippen MR) is 91.8 cm³/mol. The van der Waals surface area contributed by atoms with E-state index in [2.05, 4.69) is 5.32 Å². The second kappa shape index (κ2) is 9.02. The minimum Gasteiger partial charge on any atom is -0.497 e. The van der Waals surface area contributed by atoms with Crippen LogP contribution in [0.1, 0.15) is 12.8 Å². The van der Waals surface area contributed by atoms with Gasteiger partial charge in [-0.25, -0.2) is 0 Å². The van der Waals surface area contributed by atoms with Crippen LogP contribution in [0.15, 0.2) is 54.6 Å². The van der Waals surface area contributed by atoms with Crippen LogP contribution in [0.4, 0.5) is 5.69 Å². The second-order valence-corrected chi connectivity index (χ2v) is 5.26. The summed E-state index contributed by atoms with van der Waals surface area (Å²) in [6, 6.07) is 17.0. The fourth-order valence-electron chi connectivity index (χ4n) is 2.15. The molecule has 2 atom stereocenters. The molecular formula is C18H24N2O3. The van der Waals surface area contributed by atoms with E-state index in [1.807, 2.05) is 54.6 Å². The first-order chi connectivity index (χ1) is 11.2. The van der Waals surface area contributed by atoms with Crippen molar-refractivity contribution in [3.05, 3.63) is 54.6 Å². The zero-order chi connectivity index (χ0) is 16.5. The van der Waals surface area contributed by atoms with Crippen molar-refractivity contribution < 1.29 is 14.6 Å². The molecule has 2 aromatic rings. The monoisotopic (exact) mass is 316 g/mol. The number of benzene rings is 2. The fourth-order valence-corrected chi connectivity index (χ4v) is 2.15. The van der Waals surface area contributed by atoms with Gasteiger partial charge in [0.05, 0.1) is 7.11 Å². The Bertz CT molecular complexity index is 560. The van der Waals surface area contributed by atoms with Gasteiger partial charge >= 0.3 is 0 Å². The molecule has 0 spiro atoms. The highest BCUT2D eigenvalue weighted by Crippen LogP contribution is 2.15. The van der Waals surface area contributed by atoms with Crippen LogP contribution in [0.2, 0.25) is 0 Å². The van der Waals surface area contributed by atoms with E-state index in [9.17, 15) is 5.11 Å². The van der Waals surface area contributed by atoms with Gasteiger partial charge in [-0.2, -0.15) is 0 Å². The van der Waals surface area contributed by atoms with Gasteiger partial charge in [0.2, 0.25) is 0 Å². The molecule has 5 nitrogen and oxygen atoms in total. The molecule has 0 fully saturated rings. The third kappa shape index (κ3) is 5.81. The van der Waals surface area contributed by atoms with E-state index in [4.69, 9.17) is 15.2 Å². The third-order valence-electron chi connectivity index (χ3n) is 3.49. The number of nitrogens with one attached hydrogen (secondary N) is 1. The van der Waals surface area contributed by atoms with E-state index >= 15 is 0 Å². The third-order valence-corrected chi connectivity index (χ3v) is 3.49. The lowest BCUT2D eigenvalue weighted by atomic mass is 10.1. The summed E-state index contributed by atoms with van der Waals surface area (Å²) in [5.41, 5.74) is 6.89. The Balaban J connectivity index is 1.66. The fraction of sp³-hybridized carbons (Fsp3) is 0.333. The summed E-state index contributed by atoms with van der Waals surface area (Å²) < 4.78 is 10.6. The number of ether oxygens (including phenoxy) is 2. The number of aliphatic hydroxyl groups excluding tert-OH is 1. The average Bonchev–Trinajstić information content (AvgIpc) is 2.60. The van der Waals surface area contributed by atoms with E-state index in [1.165, 1.54) is 0 Å². The summed E-state index contributed by atoms with van der Waals surface area (Å²) in [7, 11) is 1.64. The number of nitrogens with two attached hydrogens (primary N) is 1. The van der Waals surface area contributed by atoms with E-state index in [0.717, 1.165) is 24.4 Å². The zero-order valence-corrected chi connectivity index (χ0v) is 13.3. The molecule has 0 aliphatic heterocycles. The summed E-state index contributed by atoms with van der Waals surface area (Å²) in [4.78, 5) is 0. The van der Waals surface area contributed by atoms with Crippen LogP contribution in [0.5, 0.6) is 11.5 Å². The lowest BCUT2D eigenvalue weighted by Gasteiger charge is -2.20. The second-order valence-electron chi connectivity index (χ2n) is 5.26.